The smallest absolute Gasteiger partial charge is 0.330 e. The van der Waals surface area contributed by atoms with Gasteiger partial charge in [0.05, 0.1) is 26.5 Å². The molecule has 40 heavy (non-hydrogen) atoms. The van der Waals surface area contributed by atoms with E-state index in [1.807, 2.05) is 0 Å². The van der Waals surface area contributed by atoms with Gasteiger partial charge in [-0.2, -0.15) is 4.98 Å². The molecule has 10 nitrogen and oxygen atoms in total. The average Bonchev–Trinajstić information content (AvgIpc) is 2.92. The van der Waals surface area contributed by atoms with E-state index in [4.69, 9.17) is 37.7 Å². The van der Waals surface area contributed by atoms with Crippen molar-refractivity contribution in [1.29, 1.82) is 0 Å². The number of aromatic nitrogens is 2. The summed E-state index contributed by atoms with van der Waals surface area (Å²) in [5.41, 5.74) is 1.00. The van der Waals surface area contributed by atoms with Crippen LogP contribution in [0.15, 0.2) is 24.9 Å². The van der Waals surface area contributed by atoms with Crippen LogP contribution in [0.25, 0.3) is 0 Å². The highest BCUT2D eigenvalue weighted by molar-refractivity contribution is 6.42. The highest BCUT2D eigenvalue weighted by atomic mass is 35.5. The summed E-state index contributed by atoms with van der Waals surface area (Å²) in [5.74, 6) is 2.71. The van der Waals surface area contributed by atoms with Crippen LogP contribution in [0.5, 0.6) is 11.5 Å². The zero-order chi connectivity index (χ0) is 28.6. The summed E-state index contributed by atoms with van der Waals surface area (Å²) in [5, 5.41) is 6.94. The molecule has 1 aliphatic heterocycles. The second-order valence-corrected chi connectivity index (χ2v) is 11.3. The van der Waals surface area contributed by atoms with E-state index in [1.54, 1.807) is 19.3 Å². The van der Waals surface area contributed by atoms with Crippen molar-refractivity contribution in [3.8, 4) is 11.5 Å². The number of rotatable bonds is 8. The SMILES string of the molecule is C=CC(=O)NC1CCC(C2CCC2)CC1Nc1ncc2c(n1)N(C)C(=O)N(c1c(Cl)c(OC)cc(OC)c1Cl)C2. The first-order chi connectivity index (χ1) is 19.2. The van der Waals surface area contributed by atoms with Gasteiger partial charge in [0.25, 0.3) is 0 Å². The number of amides is 3. The molecule has 3 amide bonds. The van der Waals surface area contributed by atoms with Gasteiger partial charge in [-0.15, -0.1) is 0 Å². The Kier molecular flexibility index (Phi) is 8.28. The van der Waals surface area contributed by atoms with Crippen LogP contribution in [-0.4, -0.2) is 55.3 Å². The summed E-state index contributed by atoms with van der Waals surface area (Å²) < 4.78 is 10.8. The molecule has 2 saturated carbocycles. The standard InChI is InChI=1S/C28H34Cl2N6O4/c1-5-22(37)32-18-10-9-16(15-7-6-8-15)11-19(18)33-27-31-13-17-14-36(28(38)35(2)26(17)34-27)25-23(29)20(39-3)12-21(40-4)24(25)30/h5,12-13,15-16,18-19H,1,6-11,14H2,2-4H3,(H,32,37)(H,31,33,34). The Morgan fingerprint density at radius 1 is 1.10 bits per heavy atom. The minimum atomic E-state index is -0.366. The van der Waals surface area contributed by atoms with Crippen molar-refractivity contribution in [3.05, 3.63) is 40.5 Å². The number of nitrogens with one attached hydrogen (secondary N) is 2. The van der Waals surface area contributed by atoms with Crippen molar-refractivity contribution >= 4 is 52.6 Å². The monoisotopic (exact) mass is 588 g/mol. The summed E-state index contributed by atoms with van der Waals surface area (Å²) in [6.07, 6.45) is 9.71. The van der Waals surface area contributed by atoms with E-state index in [0.717, 1.165) is 25.2 Å². The van der Waals surface area contributed by atoms with E-state index in [2.05, 4.69) is 22.2 Å². The van der Waals surface area contributed by atoms with E-state index in [-0.39, 0.29) is 46.3 Å². The minimum Gasteiger partial charge on any atom is -0.495 e. The second-order valence-electron chi connectivity index (χ2n) is 10.6. The molecule has 12 heteroatoms. The first-order valence-electron chi connectivity index (χ1n) is 13.5. The molecule has 214 valence electrons. The normalized spacial score (nSPS) is 22.7. The predicted molar refractivity (Wildman–Crippen MR) is 156 cm³/mol. The molecule has 0 saturated heterocycles. The van der Waals surface area contributed by atoms with Crippen LogP contribution < -0.4 is 29.9 Å². The third-order valence-electron chi connectivity index (χ3n) is 8.36. The number of anilines is 3. The third kappa shape index (κ3) is 5.26. The van der Waals surface area contributed by atoms with Crippen molar-refractivity contribution in [2.75, 3.05) is 36.4 Å². The summed E-state index contributed by atoms with van der Waals surface area (Å²) in [6.45, 7) is 3.75. The Labute approximate surface area is 244 Å². The summed E-state index contributed by atoms with van der Waals surface area (Å²) in [7, 11) is 4.60. The van der Waals surface area contributed by atoms with Crippen LogP contribution in [0, 0.1) is 11.8 Å². The van der Waals surface area contributed by atoms with Crippen LogP contribution in [-0.2, 0) is 11.3 Å². The Balaban J connectivity index is 1.41. The molecule has 5 rings (SSSR count). The van der Waals surface area contributed by atoms with Crippen LogP contribution >= 0.6 is 23.2 Å². The van der Waals surface area contributed by atoms with Gasteiger partial charge >= 0.3 is 6.03 Å². The second kappa shape index (κ2) is 11.7. The van der Waals surface area contributed by atoms with Gasteiger partial charge in [0.15, 0.2) is 0 Å². The zero-order valence-corrected chi connectivity index (χ0v) is 24.4. The van der Waals surface area contributed by atoms with E-state index in [1.165, 1.54) is 49.4 Å². The molecule has 0 radical (unpaired) electrons. The van der Waals surface area contributed by atoms with Gasteiger partial charge in [-0.3, -0.25) is 14.6 Å². The number of ether oxygens (including phenoxy) is 2. The maximum Gasteiger partial charge on any atom is 0.330 e. The average molecular weight is 590 g/mol. The summed E-state index contributed by atoms with van der Waals surface area (Å²) >= 11 is 13.2. The summed E-state index contributed by atoms with van der Waals surface area (Å²) in [6, 6.07) is 1.11. The lowest BCUT2D eigenvalue weighted by Crippen LogP contribution is -2.51. The van der Waals surface area contributed by atoms with Crippen LogP contribution in [0.1, 0.15) is 44.1 Å². The molecule has 3 atom stereocenters. The van der Waals surface area contributed by atoms with Crippen LogP contribution in [0.2, 0.25) is 10.0 Å². The molecular weight excluding hydrogens is 555 g/mol. The van der Waals surface area contributed by atoms with Gasteiger partial charge in [-0.1, -0.05) is 49.0 Å². The molecule has 3 unspecified atom stereocenters. The Hall–Kier alpha value is -3.24. The first-order valence-corrected chi connectivity index (χ1v) is 14.2. The van der Waals surface area contributed by atoms with Crippen molar-refractivity contribution in [3.63, 3.8) is 0 Å². The van der Waals surface area contributed by atoms with E-state index < -0.39 is 0 Å². The van der Waals surface area contributed by atoms with Crippen molar-refractivity contribution < 1.29 is 19.1 Å². The number of fused-ring (bicyclic) bond motifs is 1. The van der Waals surface area contributed by atoms with Gasteiger partial charge in [-0.05, 0) is 37.2 Å². The molecule has 3 aliphatic rings. The van der Waals surface area contributed by atoms with Gasteiger partial charge in [-0.25, -0.2) is 9.78 Å². The minimum absolute atomic E-state index is 0.0377. The van der Waals surface area contributed by atoms with E-state index in [9.17, 15) is 9.59 Å². The molecule has 1 aromatic heterocycles. The third-order valence-corrected chi connectivity index (χ3v) is 9.09. The maximum absolute atomic E-state index is 13.6. The predicted octanol–water partition coefficient (Wildman–Crippen LogP) is 5.43. The highest BCUT2D eigenvalue weighted by Gasteiger charge is 2.38. The molecule has 0 bridgehead atoms. The van der Waals surface area contributed by atoms with Crippen molar-refractivity contribution in [2.45, 2.75) is 57.2 Å². The lowest BCUT2D eigenvalue weighted by atomic mass is 9.68. The van der Waals surface area contributed by atoms with Crippen LogP contribution in [0.3, 0.4) is 0 Å². The van der Waals surface area contributed by atoms with Gasteiger partial charge in [0.2, 0.25) is 11.9 Å². The Morgan fingerprint density at radius 3 is 2.40 bits per heavy atom. The Morgan fingerprint density at radius 2 is 1.80 bits per heavy atom. The Bertz CT molecular complexity index is 1290. The number of hydrogen-bond donors (Lipinski definition) is 2. The van der Waals surface area contributed by atoms with Crippen molar-refractivity contribution in [2.24, 2.45) is 11.8 Å². The number of hydrogen-bond acceptors (Lipinski definition) is 7. The number of methoxy groups -OCH3 is 2. The number of benzene rings is 1. The molecule has 2 fully saturated rings. The quantitative estimate of drug-likeness (QED) is 0.396. The topological polar surface area (TPSA) is 109 Å². The number of carbonyl (C=O) groups is 2. The van der Waals surface area contributed by atoms with Gasteiger partial charge in [0, 0.05) is 37.0 Å². The molecule has 2 N–H and O–H groups in total. The molecule has 2 aromatic rings. The molecule has 1 aromatic carbocycles. The number of carbonyl (C=O) groups excluding carboxylic acids is 2. The largest absolute Gasteiger partial charge is 0.495 e. The fourth-order valence-corrected chi connectivity index (χ4v) is 6.65. The fraction of sp³-hybridized carbons (Fsp3) is 0.500. The van der Waals surface area contributed by atoms with Crippen LogP contribution in [0.4, 0.5) is 22.2 Å². The number of urea groups is 1. The first kappa shape index (κ1) is 28.3. The maximum atomic E-state index is 13.6. The lowest BCUT2D eigenvalue weighted by molar-refractivity contribution is -0.117. The van der Waals surface area contributed by atoms with E-state index in [0.29, 0.717) is 34.7 Å². The highest BCUT2D eigenvalue weighted by Crippen LogP contribution is 2.48. The van der Waals surface area contributed by atoms with Gasteiger partial charge < -0.3 is 20.1 Å². The number of halogens is 2. The lowest BCUT2D eigenvalue weighted by Gasteiger charge is -2.43. The zero-order valence-electron chi connectivity index (χ0n) is 22.9. The molecule has 0 spiro atoms. The summed E-state index contributed by atoms with van der Waals surface area (Å²) in [4.78, 5) is 37.9. The molecular formula is C28H34Cl2N6O4. The number of nitrogens with zero attached hydrogens (tertiary/aromatic N) is 4. The van der Waals surface area contributed by atoms with Crippen molar-refractivity contribution in [1.82, 2.24) is 15.3 Å². The molecule has 2 aliphatic carbocycles. The van der Waals surface area contributed by atoms with E-state index >= 15 is 0 Å². The fourth-order valence-electron chi connectivity index (χ4n) is 5.95. The van der Waals surface area contributed by atoms with Gasteiger partial charge in [0.1, 0.15) is 27.4 Å². The molecule has 2 heterocycles.